The van der Waals surface area contributed by atoms with Gasteiger partial charge in [0, 0.05) is 38.0 Å². The van der Waals surface area contributed by atoms with Crippen LogP contribution >= 0.6 is 0 Å². The van der Waals surface area contributed by atoms with Crippen LogP contribution in [0.4, 0.5) is 0 Å². The van der Waals surface area contributed by atoms with Crippen LogP contribution < -0.4 is 0 Å². The molecule has 3 amide bonds. The van der Waals surface area contributed by atoms with Gasteiger partial charge in [-0.25, -0.2) is 0 Å². The Hall–Kier alpha value is -3.19. The number of aliphatic hydroxyl groups excluding tert-OH is 1. The van der Waals surface area contributed by atoms with E-state index in [1.807, 2.05) is 48.5 Å². The van der Waals surface area contributed by atoms with E-state index < -0.39 is 0 Å². The number of benzene rings is 2. The molecule has 1 N–H and O–H groups in total. The Kier molecular flexibility index (Phi) is 6.84. The van der Waals surface area contributed by atoms with E-state index in [2.05, 4.69) is 0 Å². The lowest BCUT2D eigenvalue weighted by Crippen LogP contribution is -2.73. The summed E-state index contributed by atoms with van der Waals surface area (Å²) in [5, 5.41) is 10.1. The quantitative estimate of drug-likeness (QED) is 0.700. The van der Waals surface area contributed by atoms with E-state index >= 15 is 0 Å². The molecular weight excluding hydrogens is 454 g/mol. The second-order valence-electron chi connectivity index (χ2n) is 10.6. The van der Waals surface area contributed by atoms with Gasteiger partial charge in [0.2, 0.25) is 11.8 Å². The van der Waals surface area contributed by atoms with Crippen molar-refractivity contribution in [1.29, 1.82) is 0 Å². The minimum absolute atomic E-state index is 0.0170. The molecular formula is C29H35N3O4. The van der Waals surface area contributed by atoms with E-state index in [1.54, 1.807) is 28.8 Å². The van der Waals surface area contributed by atoms with Crippen molar-refractivity contribution in [2.75, 3.05) is 33.8 Å². The molecule has 7 heteroatoms. The molecule has 2 aliphatic heterocycles. The average molecular weight is 490 g/mol. The van der Waals surface area contributed by atoms with Gasteiger partial charge in [-0.1, -0.05) is 55.7 Å². The number of amides is 3. The van der Waals surface area contributed by atoms with Crippen molar-refractivity contribution in [2.45, 2.75) is 50.1 Å². The van der Waals surface area contributed by atoms with Crippen LogP contribution in [0.25, 0.3) is 11.1 Å². The number of piperazine rings is 1. The topological polar surface area (TPSA) is 81.2 Å². The fourth-order valence-electron chi connectivity index (χ4n) is 6.26. The van der Waals surface area contributed by atoms with Gasteiger partial charge in [-0.15, -0.1) is 0 Å². The van der Waals surface area contributed by atoms with Gasteiger partial charge in [0.1, 0.15) is 0 Å². The van der Waals surface area contributed by atoms with Crippen molar-refractivity contribution in [1.82, 2.24) is 14.7 Å². The molecule has 3 atom stereocenters. The highest BCUT2D eigenvalue weighted by molar-refractivity contribution is 5.95. The predicted molar refractivity (Wildman–Crippen MR) is 137 cm³/mol. The van der Waals surface area contributed by atoms with Crippen LogP contribution in [-0.4, -0.2) is 83.4 Å². The molecule has 0 aromatic heterocycles. The maximum absolute atomic E-state index is 13.2. The van der Waals surface area contributed by atoms with Crippen LogP contribution in [0.1, 0.15) is 53.9 Å². The highest BCUT2D eigenvalue weighted by Crippen LogP contribution is 2.43. The molecule has 1 aliphatic carbocycles. The molecule has 0 radical (unpaired) electrons. The second-order valence-corrected chi connectivity index (χ2v) is 10.6. The van der Waals surface area contributed by atoms with Crippen LogP contribution in [-0.2, 0) is 9.59 Å². The third-order valence-corrected chi connectivity index (χ3v) is 8.16. The van der Waals surface area contributed by atoms with E-state index in [9.17, 15) is 19.5 Å². The minimum atomic E-state index is -0.263. The Morgan fingerprint density at radius 2 is 1.72 bits per heavy atom. The first-order valence-corrected chi connectivity index (χ1v) is 13.0. The van der Waals surface area contributed by atoms with Gasteiger partial charge in [-0.2, -0.15) is 0 Å². The van der Waals surface area contributed by atoms with E-state index in [0.717, 1.165) is 42.4 Å². The maximum Gasteiger partial charge on any atom is 0.253 e. The molecule has 2 heterocycles. The first-order chi connectivity index (χ1) is 17.4. The van der Waals surface area contributed by atoms with Crippen molar-refractivity contribution >= 4 is 17.7 Å². The third kappa shape index (κ3) is 4.41. The number of carbonyl (C=O) groups is 3. The molecule has 1 saturated carbocycles. The van der Waals surface area contributed by atoms with Gasteiger partial charge in [-0.3, -0.25) is 14.4 Å². The molecule has 0 spiro atoms. The normalized spacial score (nSPS) is 24.2. The molecule has 3 fully saturated rings. The van der Waals surface area contributed by atoms with Gasteiger partial charge in [0.05, 0.1) is 25.2 Å². The number of carbonyl (C=O) groups excluding carboxylic acids is 3. The van der Waals surface area contributed by atoms with Gasteiger partial charge in [0.15, 0.2) is 0 Å². The molecule has 2 saturated heterocycles. The Morgan fingerprint density at radius 1 is 1.00 bits per heavy atom. The van der Waals surface area contributed by atoms with Gasteiger partial charge >= 0.3 is 0 Å². The van der Waals surface area contributed by atoms with Crippen molar-refractivity contribution in [3.05, 3.63) is 59.7 Å². The van der Waals surface area contributed by atoms with E-state index in [1.165, 1.54) is 6.42 Å². The highest BCUT2D eigenvalue weighted by Gasteiger charge is 2.54. The summed E-state index contributed by atoms with van der Waals surface area (Å²) >= 11 is 0. The average Bonchev–Trinajstić information content (AvgIpc) is 2.89. The molecule has 0 unspecified atom stereocenters. The number of aliphatic hydroxyl groups is 1. The molecule has 190 valence electrons. The van der Waals surface area contributed by atoms with Crippen LogP contribution in [0, 0.1) is 5.92 Å². The van der Waals surface area contributed by atoms with Crippen LogP contribution in [0.5, 0.6) is 0 Å². The van der Waals surface area contributed by atoms with Crippen molar-refractivity contribution < 1.29 is 19.5 Å². The van der Waals surface area contributed by atoms with Gasteiger partial charge in [0.25, 0.3) is 5.91 Å². The Labute approximate surface area is 212 Å². The molecule has 2 aromatic carbocycles. The summed E-state index contributed by atoms with van der Waals surface area (Å²) < 4.78 is 0. The lowest BCUT2D eigenvalue weighted by atomic mass is 9.73. The molecule has 36 heavy (non-hydrogen) atoms. The highest BCUT2D eigenvalue weighted by atomic mass is 16.3. The number of nitrogens with zero attached hydrogens (tertiary/aromatic N) is 3. The number of rotatable bonds is 5. The lowest BCUT2D eigenvalue weighted by Gasteiger charge is -2.59. The Balaban J connectivity index is 1.34. The standard InChI is InChI=1S/C29H35N3O4/c1-30(2)28(35)23-10-6-9-22(15-23)19-11-13-20(14-12-19)27-24-16-31(17-26(34)32(24)25(27)18-33)29(36)21-7-4-3-5-8-21/h6,9-15,21,24-25,27,33H,3-5,7-8,16-18H2,1-2H3/t24-,25-,27+/m0/s1. The van der Waals surface area contributed by atoms with E-state index in [4.69, 9.17) is 0 Å². The van der Waals surface area contributed by atoms with E-state index in [-0.39, 0.29) is 54.8 Å². The molecule has 0 bridgehead atoms. The SMILES string of the molecule is CN(C)C(=O)c1cccc(-c2ccc([C@H]3[C@H](CO)N4C(=O)CN(C(=O)C5CCCCC5)C[C@@H]34)cc2)c1. The van der Waals surface area contributed by atoms with Crippen LogP contribution in [0.15, 0.2) is 48.5 Å². The van der Waals surface area contributed by atoms with Crippen LogP contribution in [0.3, 0.4) is 0 Å². The summed E-state index contributed by atoms with van der Waals surface area (Å²) in [4.78, 5) is 43.6. The Morgan fingerprint density at radius 3 is 2.39 bits per heavy atom. The third-order valence-electron chi connectivity index (χ3n) is 8.16. The molecule has 7 nitrogen and oxygen atoms in total. The number of hydrogen-bond donors (Lipinski definition) is 1. The lowest BCUT2D eigenvalue weighted by molar-refractivity contribution is -0.168. The van der Waals surface area contributed by atoms with E-state index in [0.29, 0.717) is 12.1 Å². The fourth-order valence-corrected chi connectivity index (χ4v) is 6.26. The van der Waals surface area contributed by atoms with Gasteiger partial charge < -0.3 is 19.8 Å². The number of fused-ring (bicyclic) bond motifs is 1. The first-order valence-electron chi connectivity index (χ1n) is 13.0. The zero-order valence-electron chi connectivity index (χ0n) is 21.1. The molecule has 3 aliphatic rings. The Bertz CT molecular complexity index is 1140. The summed E-state index contributed by atoms with van der Waals surface area (Å²) in [6.45, 7) is 0.550. The van der Waals surface area contributed by atoms with Crippen LogP contribution in [0.2, 0.25) is 0 Å². The summed E-state index contributed by atoms with van der Waals surface area (Å²) in [6.07, 6.45) is 5.20. The zero-order valence-corrected chi connectivity index (χ0v) is 21.1. The summed E-state index contributed by atoms with van der Waals surface area (Å²) in [6, 6.07) is 15.4. The number of hydrogen-bond acceptors (Lipinski definition) is 4. The molecule has 5 rings (SSSR count). The summed E-state index contributed by atoms with van der Waals surface area (Å²) in [5.41, 5.74) is 3.65. The fraction of sp³-hybridized carbons (Fsp3) is 0.483. The maximum atomic E-state index is 13.2. The largest absolute Gasteiger partial charge is 0.394 e. The second kappa shape index (κ2) is 10.1. The monoisotopic (exact) mass is 489 g/mol. The van der Waals surface area contributed by atoms with Crippen molar-refractivity contribution in [3.63, 3.8) is 0 Å². The minimum Gasteiger partial charge on any atom is -0.394 e. The smallest absolute Gasteiger partial charge is 0.253 e. The zero-order chi connectivity index (χ0) is 25.4. The van der Waals surface area contributed by atoms with Crippen molar-refractivity contribution in [3.8, 4) is 11.1 Å². The summed E-state index contributed by atoms with van der Waals surface area (Å²) in [5.74, 6) is 0.0421. The summed E-state index contributed by atoms with van der Waals surface area (Å²) in [7, 11) is 3.48. The predicted octanol–water partition coefficient (Wildman–Crippen LogP) is 3.13. The van der Waals surface area contributed by atoms with Gasteiger partial charge in [-0.05, 0) is 41.7 Å². The molecule has 2 aromatic rings. The first kappa shape index (κ1) is 24.5. The van der Waals surface area contributed by atoms with Crippen molar-refractivity contribution in [2.24, 2.45) is 5.92 Å².